The minimum Gasteiger partial charge on any atom is -0.393 e. The third-order valence-electron chi connectivity index (χ3n) is 2.92. The summed E-state index contributed by atoms with van der Waals surface area (Å²) in [5, 5.41) is 10.9. The molecule has 0 saturated heterocycles. The molecule has 3 nitrogen and oxygen atoms in total. The van der Waals surface area contributed by atoms with Gasteiger partial charge in [-0.25, -0.2) is 0 Å². The molecule has 0 aliphatic carbocycles. The van der Waals surface area contributed by atoms with Gasteiger partial charge in [-0.1, -0.05) is 18.2 Å². The normalized spacial score (nSPS) is 13.1. The quantitative estimate of drug-likeness (QED) is 0.716. The van der Waals surface area contributed by atoms with Crippen molar-refractivity contribution < 1.29 is 5.11 Å². The van der Waals surface area contributed by atoms with Crippen LogP contribution < -0.4 is 5.73 Å². The summed E-state index contributed by atoms with van der Waals surface area (Å²) in [5.41, 5.74) is 7.83. The molecular weight excluding hydrogens is 200 g/mol. The van der Waals surface area contributed by atoms with E-state index in [4.69, 9.17) is 5.73 Å². The van der Waals surface area contributed by atoms with Crippen LogP contribution in [0, 0.1) is 0 Å². The minimum absolute atomic E-state index is 0.279. The van der Waals surface area contributed by atoms with Crippen LogP contribution in [0.2, 0.25) is 0 Å². The Labute approximate surface area is 95.3 Å². The van der Waals surface area contributed by atoms with Crippen molar-refractivity contribution in [2.45, 2.75) is 25.4 Å². The summed E-state index contributed by atoms with van der Waals surface area (Å²) >= 11 is 0. The highest BCUT2D eigenvalue weighted by Gasteiger charge is 2.06. The van der Waals surface area contributed by atoms with Crippen LogP contribution in [-0.2, 0) is 6.42 Å². The van der Waals surface area contributed by atoms with E-state index in [1.165, 1.54) is 10.9 Å². The van der Waals surface area contributed by atoms with E-state index in [2.05, 4.69) is 17.1 Å². The van der Waals surface area contributed by atoms with Crippen LogP contribution in [-0.4, -0.2) is 22.7 Å². The summed E-state index contributed by atoms with van der Waals surface area (Å²) in [7, 11) is 0. The number of fused-ring (bicyclic) bond motifs is 1. The molecule has 0 bridgehead atoms. The fraction of sp³-hybridized carbons (Fsp3) is 0.385. The van der Waals surface area contributed by atoms with Crippen molar-refractivity contribution in [3.05, 3.63) is 36.0 Å². The molecule has 1 aromatic carbocycles. The topological polar surface area (TPSA) is 62.0 Å². The third kappa shape index (κ3) is 2.43. The van der Waals surface area contributed by atoms with Crippen LogP contribution in [0.1, 0.15) is 18.4 Å². The highest BCUT2D eigenvalue weighted by atomic mass is 16.3. The Morgan fingerprint density at radius 2 is 2.06 bits per heavy atom. The maximum absolute atomic E-state index is 9.63. The van der Waals surface area contributed by atoms with Crippen molar-refractivity contribution in [1.82, 2.24) is 4.98 Å². The number of hydrogen-bond donors (Lipinski definition) is 3. The van der Waals surface area contributed by atoms with E-state index in [1.54, 1.807) is 0 Å². The first kappa shape index (κ1) is 11.2. The predicted molar refractivity (Wildman–Crippen MR) is 66.3 cm³/mol. The number of aromatic nitrogens is 1. The predicted octanol–water partition coefficient (Wildman–Crippen LogP) is 1.81. The summed E-state index contributed by atoms with van der Waals surface area (Å²) in [4.78, 5) is 3.24. The lowest BCUT2D eigenvalue weighted by Crippen LogP contribution is -2.13. The third-order valence-corrected chi connectivity index (χ3v) is 2.92. The van der Waals surface area contributed by atoms with E-state index in [9.17, 15) is 5.11 Å². The molecule has 2 rings (SSSR count). The van der Waals surface area contributed by atoms with Crippen molar-refractivity contribution in [3.63, 3.8) is 0 Å². The number of aromatic amines is 1. The molecule has 86 valence electrons. The minimum atomic E-state index is -0.279. The largest absolute Gasteiger partial charge is 0.393 e. The van der Waals surface area contributed by atoms with Crippen LogP contribution in [0.15, 0.2) is 30.5 Å². The molecule has 16 heavy (non-hydrogen) atoms. The second kappa shape index (κ2) is 5.14. The summed E-state index contributed by atoms with van der Waals surface area (Å²) < 4.78 is 0. The van der Waals surface area contributed by atoms with E-state index in [1.807, 2.05) is 18.3 Å². The van der Waals surface area contributed by atoms with Crippen LogP contribution in [0.4, 0.5) is 0 Å². The van der Waals surface area contributed by atoms with E-state index >= 15 is 0 Å². The van der Waals surface area contributed by atoms with Crippen LogP contribution in [0.3, 0.4) is 0 Å². The SMILES string of the molecule is NCCC(O)CCc1c[nH]c2ccccc12. The number of aliphatic hydroxyl groups excluding tert-OH is 1. The molecule has 0 spiro atoms. The van der Waals surface area contributed by atoms with Crippen LogP contribution in [0.5, 0.6) is 0 Å². The van der Waals surface area contributed by atoms with Gasteiger partial charge in [0.1, 0.15) is 0 Å². The number of hydrogen-bond acceptors (Lipinski definition) is 2. The van der Waals surface area contributed by atoms with Gasteiger partial charge in [0.05, 0.1) is 6.10 Å². The van der Waals surface area contributed by atoms with Gasteiger partial charge in [0, 0.05) is 17.1 Å². The van der Waals surface area contributed by atoms with Crippen LogP contribution in [0.25, 0.3) is 10.9 Å². The average Bonchev–Trinajstić information content (AvgIpc) is 2.70. The van der Waals surface area contributed by atoms with Crippen molar-refractivity contribution in [3.8, 4) is 0 Å². The molecule has 2 aromatic rings. The summed E-state index contributed by atoms with van der Waals surface area (Å²) in [6.45, 7) is 0.551. The Morgan fingerprint density at radius 3 is 2.88 bits per heavy atom. The van der Waals surface area contributed by atoms with Gasteiger partial charge in [0.15, 0.2) is 0 Å². The van der Waals surface area contributed by atoms with Gasteiger partial charge in [-0.05, 0) is 37.4 Å². The lowest BCUT2D eigenvalue weighted by molar-refractivity contribution is 0.157. The highest BCUT2D eigenvalue weighted by Crippen LogP contribution is 2.19. The Bertz CT molecular complexity index is 450. The number of H-pyrrole nitrogens is 1. The first-order valence-corrected chi connectivity index (χ1v) is 5.74. The van der Waals surface area contributed by atoms with E-state index < -0.39 is 0 Å². The van der Waals surface area contributed by atoms with Gasteiger partial charge in [0.2, 0.25) is 0 Å². The lowest BCUT2D eigenvalue weighted by atomic mass is 10.0. The van der Waals surface area contributed by atoms with E-state index in [0.29, 0.717) is 13.0 Å². The molecule has 1 atom stereocenters. The maximum Gasteiger partial charge on any atom is 0.0555 e. The van der Waals surface area contributed by atoms with Crippen LogP contribution >= 0.6 is 0 Å². The maximum atomic E-state index is 9.63. The fourth-order valence-corrected chi connectivity index (χ4v) is 2.00. The smallest absolute Gasteiger partial charge is 0.0555 e. The standard InChI is InChI=1S/C13H18N2O/c14-8-7-11(16)6-5-10-9-15-13-4-2-1-3-12(10)13/h1-4,9,11,15-16H,5-8,14H2. The molecule has 0 saturated carbocycles. The Hall–Kier alpha value is -1.32. The van der Waals surface area contributed by atoms with Crippen molar-refractivity contribution in [1.29, 1.82) is 0 Å². The number of rotatable bonds is 5. The summed E-state index contributed by atoms with van der Waals surface area (Å²) in [6, 6.07) is 8.23. The Kier molecular flexibility index (Phi) is 3.59. The fourth-order valence-electron chi connectivity index (χ4n) is 2.00. The monoisotopic (exact) mass is 218 g/mol. The number of nitrogens with two attached hydrogens (primary N) is 1. The number of aliphatic hydroxyl groups is 1. The lowest BCUT2D eigenvalue weighted by Gasteiger charge is -2.07. The first-order valence-electron chi connectivity index (χ1n) is 5.74. The van der Waals surface area contributed by atoms with Crippen molar-refractivity contribution in [2.75, 3.05) is 6.54 Å². The molecule has 4 N–H and O–H groups in total. The number of aryl methyl sites for hydroxylation is 1. The van der Waals surface area contributed by atoms with Gasteiger partial charge >= 0.3 is 0 Å². The number of para-hydroxylation sites is 1. The molecule has 3 heteroatoms. The van der Waals surface area contributed by atoms with Crippen molar-refractivity contribution in [2.24, 2.45) is 5.73 Å². The van der Waals surface area contributed by atoms with Gasteiger partial charge in [0.25, 0.3) is 0 Å². The second-order valence-corrected chi connectivity index (χ2v) is 4.13. The molecule has 1 heterocycles. The van der Waals surface area contributed by atoms with Gasteiger partial charge in [-0.2, -0.15) is 0 Å². The molecule has 0 aliphatic rings. The van der Waals surface area contributed by atoms with E-state index in [-0.39, 0.29) is 6.10 Å². The van der Waals surface area contributed by atoms with Gasteiger partial charge in [-0.3, -0.25) is 0 Å². The summed E-state index contributed by atoms with van der Waals surface area (Å²) in [6.07, 6.45) is 4.10. The van der Waals surface area contributed by atoms with Gasteiger partial charge < -0.3 is 15.8 Å². The molecule has 0 radical (unpaired) electrons. The molecule has 0 aliphatic heterocycles. The zero-order chi connectivity index (χ0) is 11.4. The Balaban J connectivity index is 2.04. The molecule has 1 unspecified atom stereocenters. The zero-order valence-electron chi connectivity index (χ0n) is 9.32. The summed E-state index contributed by atoms with van der Waals surface area (Å²) in [5.74, 6) is 0. The molecule has 0 fully saturated rings. The zero-order valence-corrected chi connectivity index (χ0v) is 9.32. The number of benzene rings is 1. The van der Waals surface area contributed by atoms with Gasteiger partial charge in [-0.15, -0.1) is 0 Å². The Morgan fingerprint density at radius 1 is 1.25 bits per heavy atom. The first-order chi connectivity index (χ1) is 7.81. The molecular formula is C13H18N2O. The molecule has 0 amide bonds. The average molecular weight is 218 g/mol. The number of nitrogens with one attached hydrogen (secondary N) is 1. The van der Waals surface area contributed by atoms with E-state index in [0.717, 1.165) is 18.4 Å². The highest BCUT2D eigenvalue weighted by molar-refractivity contribution is 5.82. The second-order valence-electron chi connectivity index (χ2n) is 4.13. The van der Waals surface area contributed by atoms with Crippen molar-refractivity contribution >= 4 is 10.9 Å². The molecule has 1 aromatic heterocycles.